The van der Waals surface area contributed by atoms with E-state index in [-0.39, 0.29) is 0 Å². The van der Waals surface area contributed by atoms with Crippen molar-refractivity contribution in [1.82, 2.24) is 4.98 Å². The van der Waals surface area contributed by atoms with Crippen molar-refractivity contribution < 1.29 is 0 Å². The molecule has 0 radical (unpaired) electrons. The Hall–Kier alpha value is -0.870. The summed E-state index contributed by atoms with van der Waals surface area (Å²) in [6, 6.07) is 12.1. The maximum absolute atomic E-state index is 4.38. The maximum Gasteiger partial charge on any atom is 0.106 e. The lowest BCUT2D eigenvalue weighted by atomic mass is 10.2. The zero-order valence-corrected chi connectivity index (χ0v) is 12.5. The lowest BCUT2D eigenvalue weighted by Gasteiger charge is -2.09. The van der Waals surface area contributed by atoms with Gasteiger partial charge >= 0.3 is 0 Å². The van der Waals surface area contributed by atoms with Gasteiger partial charge in [0, 0.05) is 10.2 Å². The van der Waals surface area contributed by atoms with Gasteiger partial charge in [-0.2, -0.15) is 0 Å². The molecule has 17 heavy (non-hydrogen) atoms. The first kappa shape index (κ1) is 12.6. The minimum atomic E-state index is 0.724. The molecule has 1 heterocycles. The van der Waals surface area contributed by atoms with Gasteiger partial charge in [0.05, 0.1) is 12.2 Å². The number of halogens is 2. The first-order valence-electron chi connectivity index (χ1n) is 5.26. The second-order valence-corrected chi connectivity index (χ2v) is 5.49. The van der Waals surface area contributed by atoms with Crippen molar-refractivity contribution in [2.24, 2.45) is 0 Å². The average molecular weight is 356 g/mol. The van der Waals surface area contributed by atoms with Crippen LogP contribution in [0.5, 0.6) is 0 Å². The number of nitrogens with one attached hydrogen (secondary N) is 1. The summed E-state index contributed by atoms with van der Waals surface area (Å²) in [7, 11) is 0. The van der Waals surface area contributed by atoms with E-state index in [4.69, 9.17) is 0 Å². The van der Waals surface area contributed by atoms with Crippen molar-refractivity contribution in [2.75, 3.05) is 5.32 Å². The number of rotatable bonds is 3. The van der Waals surface area contributed by atoms with E-state index in [0.717, 1.165) is 27.0 Å². The van der Waals surface area contributed by atoms with Crippen molar-refractivity contribution in [3.05, 3.63) is 56.7 Å². The second-order valence-electron chi connectivity index (χ2n) is 3.76. The van der Waals surface area contributed by atoms with E-state index in [2.05, 4.69) is 61.2 Å². The quantitative estimate of drug-likeness (QED) is 0.818. The molecule has 1 N–H and O–H groups in total. The molecule has 2 nitrogen and oxygen atoms in total. The van der Waals surface area contributed by atoms with E-state index in [1.165, 1.54) is 5.56 Å². The number of hydrogen-bond acceptors (Lipinski definition) is 2. The van der Waals surface area contributed by atoms with E-state index >= 15 is 0 Å². The standard InChI is InChI=1S/C13H12Br2N2/c1-9-7-10(14)5-6-12(9)16-8-11-3-2-4-13(15)17-11/h2-7,16H,8H2,1H3. The molecule has 0 saturated heterocycles. The summed E-state index contributed by atoms with van der Waals surface area (Å²) >= 11 is 6.82. The minimum absolute atomic E-state index is 0.724. The monoisotopic (exact) mass is 354 g/mol. The van der Waals surface area contributed by atoms with Gasteiger partial charge in [-0.1, -0.05) is 22.0 Å². The Morgan fingerprint density at radius 2 is 2.00 bits per heavy atom. The molecule has 2 aromatic rings. The van der Waals surface area contributed by atoms with Crippen molar-refractivity contribution >= 4 is 37.5 Å². The zero-order chi connectivity index (χ0) is 12.3. The van der Waals surface area contributed by atoms with Crippen molar-refractivity contribution in [2.45, 2.75) is 13.5 Å². The van der Waals surface area contributed by atoms with Gasteiger partial charge in [-0.25, -0.2) is 4.98 Å². The van der Waals surface area contributed by atoms with E-state index < -0.39 is 0 Å². The Labute approximate surface area is 118 Å². The second kappa shape index (κ2) is 5.65. The first-order valence-corrected chi connectivity index (χ1v) is 6.85. The Morgan fingerprint density at radius 3 is 2.71 bits per heavy atom. The molecule has 0 unspecified atom stereocenters. The molecule has 0 fully saturated rings. The van der Waals surface area contributed by atoms with Crippen LogP contribution in [0.2, 0.25) is 0 Å². The summed E-state index contributed by atoms with van der Waals surface area (Å²) in [4.78, 5) is 4.38. The van der Waals surface area contributed by atoms with Gasteiger partial charge < -0.3 is 5.32 Å². The molecule has 88 valence electrons. The first-order chi connectivity index (χ1) is 8.15. The summed E-state index contributed by atoms with van der Waals surface area (Å²) in [5, 5.41) is 3.38. The zero-order valence-electron chi connectivity index (χ0n) is 9.37. The van der Waals surface area contributed by atoms with Crippen LogP contribution in [0.4, 0.5) is 5.69 Å². The highest BCUT2D eigenvalue weighted by atomic mass is 79.9. The van der Waals surface area contributed by atoms with Gasteiger partial charge in [0.1, 0.15) is 4.60 Å². The van der Waals surface area contributed by atoms with Crippen molar-refractivity contribution in [1.29, 1.82) is 0 Å². The third kappa shape index (κ3) is 3.54. The topological polar surface area (TPSA) is 24.9 Å². The van der Waals surface area contributed by atoms with Gasteiger partial charge in [-0.05, 0) is 58.7 Å². The molecule has 0 atom stereocenters. The Balaban J connectivity index is 2.07. The third-order valence-electron chi connectivity index (χ3n) is 2.42. The van der Waals surface area contributed by atoms with Crippen LogP contribution in [0.25, 0.3) is 0 Å². The molecule has 0 saturated carbocycles. The molecular weight excluding hydrogens is 344 g/mol. The maximum atomic E-state index is 4.38. The SMILES string of the molecule is Cc1cc(Br)ccc1NCc1cccc(Br)n1. The highest BCUT2D eigenvalue weighted by Gasteiger charge is 2.00. The van der Waals surface area contributed by atoms with Gasteiger partial charge in [-0.15, -0.1) is 0 Å². The van der Waals surface area contributed by atoms with Crippen molar-refractivity contribution in [3.63, 3.8) is 0 Å². The molecule has 0 aliphatic heterocycles. The molecule has 4 heteroatoms. The van der Waals surface area contributed by atoms with Crippen LogP contribution in [0.1, 0.15) is 11.3 Å². The van der Waals surface area contributed by atoms with Crippen LogP contribution in [-0.4, -0.2) is 4.98 Å². The van der Waals surface area contributed by atoms with E-state index in [1.807, 2.05) is 24.3 Å². The summed E-state index contributed by atoms with van der Waals surface area (Å²) < 4.78 is 1.96. The fourth-order valence-corrected chi connectivity index (χ4v) is 2.42. The summed E-state index contributed by atoms with van der Waals surface area (Å²) in [6.07, 6.45) is 0. The number of anilines is 1. The van der Waals surface area contributed by atoms with E-state index in [0.29, 0.717) is 0 Å². The summed E-state index contributed by atoms with van der Waals surface area (Å²) in [6.45, 7) is 2.81. The van der Waals surface area contributed by atoms with Crippen LogP contribution in [-0.2, 0) is 6.54 Å². The van der Waals surface area contributed by atoms with Crippen LogP contribution in [0.3, 0.4) is 0 Å². The number of aromatic nitrogens is 1. The van der Waals surface area contributed by atoms with E-state index in [1.54, 1.807) is 0 Å². The van der Waals surface area contributed by atoms with Crippen LogP contribution < -0.4 is 5.32 Å². The Kier molecular flexibility index (Phi) is 4.18. The molecule has 2 rings (SSSR count). The number of pyridine rings is 1. The molecular formula is C13H12Br2N2. The summed E-state index contributed by atoms with van der Waals surface area (Å²) in [5.74, 6) is 0. The molecule has 1 aromatic carbocycles. The molecule has 1 aromatic heterocycles. The highest BCUT2D eigenvalue weighted by Crippen LogP contribution is 2.20. The number of benzene rings is 1. The predicted molar refractivity (Wildman–Crippen MR) is 78.1 cm³/mol. The summed E-state index contributed by atoms with van der Waals surface area (Å²) in [5.41, 5.74) is 3.37. The Bertz CT molecular complexity index is 527. The molecule has 0 bridgehead atoms. The van der Waals surface area contributed by atoms with Gasteiger partial charge in [0.25, 0.3) is 0 Å². The van der Waals surface area contributed by atoms with Gasteiger partial charge in [0.2, 0.25) is 0 Å². The fourth-order valence-electron chi connectivity index (χ4n) is 1.56. The van der Waals surface area contributed by atoms with Gasteiger partial charge in [-0.3, -0.25) is 0 Å². The predicted octanol–water partition coefficient (Wildman–Crippen LogP) is 4.53. The molecule has 0 aliphatic carbocycles. The van der Waals surface area contributed by atoms with Crippen molar-refractivity contribution in [3.8, 4) is 0 Å². The average Bonchev–Trinajstić information content (AvgIpc) is 2.28. The number of nitrogens with zero attached hydrogens (tertiary/aromatic N) is 1. The Morgan fingerprint density at radius 1 is 1.18 bits per heavy atom. The molecule has 0 amide bonds. The smallest absolute Gasteiger partial charge is 0.106 e. The fraction of sp³-hybridized carbons (Fsp3) is 0.154. The third-order valence-corrected chi connectivity index (χ3v) is 3.36. The van der Waals surface area contributed by atoms with Crippen LogP contribution >= 0.6 is 31.9 Å². The van der Waals surface area contributed by atoms with Crippen LogP contribution in [0, 0.1) is 6.92 Å². The number of aryl methyl sites for hydroxylation is 1. The van der Waals surface area contributed by atoms with E-state index in [9.17, 15) is 0 Å². The molecule has 0 spiro atoms. The highest BCUT2D eigenvalue weighted by molar-refractivity contribution is 9.10. The normalized spacial score (nSPS) is 10.3. The largest absolute Gasteiger partial charge is 0.379 e. The lowest BCUT2D eigenvalue weighted by Crippen LogP contribution is -2.02. The lowest BCUT2D eigenvalue weighted by molar-refractivity contribution is 1.03. The molecule has 0 aliphatic rings. The minimum Gasteiger partial charge on any atom is -0.379 e. The van der Waals surface area contributed by atoms with Crippen LogP contribution in [0.15, 0.2) is 45.5 Å². The number of hydrogen-bond donors (Lipinski definition) is 1. The van der Waals surface area contributed by atoms with Gasteiger partial charge in [0.15, 0.2) is 0 Å².